The van der Waals surface area contributed by atoms with Gasteiger partial charge < -0.3 is 0 Å². The second-order valence-electron chi connectivity index (χ2n) is 9.05. The van der Waals surface area contributed by atoms with Gasteiger partial charge in [0.15, 0.2) is 0 Å². The summed E-state index contributed by atoms with van der Waals surface area (Å²) < 4.78 is 0. The fourth-order valence-electron chi connectivity index (χ4n) is 5.84. The van der Waals surface area contributed by atoms with Gasteiger partial charge in [0.2, 0.25) is 0 Å². The number of hydrogen-bond donors (Lipinski definition) is 0. The van der Waals surface area contributed by atoms with Crippen molar-refractivity contribution in [1.29, 1.82) is 0 Å². The molecule has 2 saturated carbocycles. The lowest BCUT2D eigenvalue weighted by atomic mass is 9.40. The molecule has 0 heterocycles. The molecule has 17 heavy (non-hydrogen) atoms. The highest BCUT2D eigenvalue weighted by atomic mass is 14.7. The molecule has 0 N–H and O–H groups in total. The standard InChI is InChI=1S/C17H32/c1-8-17-12-16(7,11-14(2,3)4)13(17)9-10-15(17,5)6/h13H,8-12H2,1-7H3. The lowest BCUT2D eigenvalue weighted by Gasteiger charge is -2.65. The Morgan fingerprint density at radius 1 is 1.12 bits per heavy atom. The van der Waals surface area contributed by atoms with Gasteiger partial charge in [0.1, 0.15) is 0 Å². The van der Waals surface area contributed by atoms with E-state index in [1.807, 2.05) is 0 Å². The van der Waals surface area contributed by atoms with E-state index in [2.05, 4.69) is 48.5 Å². The van der Waals surface area contributed by atoms with E-state index in [0.29, 0.717) is 21.7 Å². The maximum atomic E-state index is 2.57. The molecule has 0 nitrogen and oxygen atoms in total. The van der Waals surface area contributed by atoms with Gasteiger partial charge in [0.05, 0.1) is 0 Å². The van der Waals surface area contributed by atoms with Crippen molar-refractivity contribution >= 4 is 0 Å². The molecular formula is C17H32. The summed E-state index contributed by atoms with van der Waals surface area (Å²) >= 11 is 0. The predicted octanol–water partition coefficient (Wildman–Crippen LogP) is 5.67. The maximum absolute atomic E-state index is 2.57. The normalized spacial score (nSPS) is 44.3. The molecular weight excluding hydrogens is 204 g/mol. The fourth-order valence-corrected chi connectivity index (χ4v) is 5.84. The molecule has 0 aromatic carbocycles. The zero-order valence-corrected chi connectivity index (χ0v) is 13.1. The van der Waals surface area contributed by atoms with E-state index >= 15 is 0 Å². The Balaban J connectivity index is 2.21. The van der Waals surface area contributed by atoms with Crippen molar-refractivity contribution < 1.29 is 0 Å². The molecule has 0 heteroatoms. The van der Waals surface area contributed by atoms with E-state index in [9.17, 15) is 0 Å². The summed E-state index contributed by atoms with van der Waals surface area (Å²) in [5.41, 5.74) is 2.38. The third-order valence-electron chi connectivity index (χ3n) is 6.20. The number of hydrogen-bond acceptors (Lipinski definition) is 0. The second-order valence-corrected chi connectivity index (χ2v) is 9.05. The molecule has 2 aliphatic carbocycles. The van der Waals surface area contributed by atoms with Crippen LogP contribution in [0.15, 0.2) is 0 Å². The van der Waals surface area contributed by atoms with Crippen molar-refractivity contribution in [3.63, 3.8) is 0 Å². The molecule has 0 saturated heterocycles. The quantitative estimate of drug-likeness (QED) is 0.580. The molecule has 100 valence electrons. The summed E-state index contributed by atoms with van der Waals surface area (Å²) in [5.74, 6) is 0.995. The zero-order valence-electron chi connectivity index (χ0n) is 13.1. The fraction of sp³-hybridized carbons (Fsp3) is 1.00. The Morgan fingerprint density at radius 2 is 1.71 bits per heavy atom. The summed E-state index contributed by atoms with van der Waals surface area (Å²) in [4.78, 5) is 0. The van der Waals surface area contributed by atoms with E-state index in [0.717, 1.165) is 5.92 Å². The van der Waals surface area contributed by atoms with Crippen LogP contribution in [0.5, 0.6) is 0 Å². The van der Waals surface area contributed by atoms with E-state index < -0.39 is 0 Å². The van der Waals surface area contributed by atoms with Gasteiger partial charge in [-0.25, -0.2) is 0 Å². The predicted molar refractivity (Wildman–Crippen MR) is 76.0 cm³/mol. The number of fused-ring (bicyclic) bond motifs is 1. The van der Waals surface area contributed by atoms with Gasteiger partial charge in [-0.05, 0) is 59.7 Å². The highest BCUT2D eigenvalue weighted by Crippen LogP contribution is 2.76. The molecule has 2 fully saturated rings. The van der Waals surface area contributed by atoms with Crippen LogP contribution in [-0.4, -0.2) is 0 Å². The summed E-state index contributed by atoms with van der Waals surface area (Å²) in [7, 11) is 0. The molecule has 0 bridgehead atoms. The van der Waals surface area contributed by atoms with Gasteiger partial charge in [0.25, 0.3) is 0 Å². The van der Waals surface area contributed by atoms with Crippen molar-refractivity contribution in [3.05, 3.63) is 0 Å². The molecule has 0 amide bonds. The smallest absolute Gasteiger partial charge is 0.0210 e. The average Bonchev–Trinajstić information content (AvgIpc) is 2.31. The molecule has 0 aliphatic heterocycles. The number of rotatable bonds is 2. The third kappa shape index (κ3) is 1.78. The van der Waals surface area contributed by atoms with E-state index in [-0.39, 0.29) is 0 Å². The second kappa shape index (κ2) is 3.52. The van der Waals surface area contributed by atoms with E-state index in [4.69, 9.17) is 0 Å². The van der Waals surface area contributed by atoms with Gasteiger partial charge in [-0.2, -0.15) is 0 Å². The monoisotopic (exact) mass is 236 g/mol. The molecule has 2 rings (SSSR count). The van der Waals surface area contributed by atoms with Gasteiger partial charge in [0, 0.05) is 0 Å². The lowest BCUT2D eigenvalue weighted by Crippen LogP contribution is -2.57. The average molecular weight is 236 g/mol. The maximum Gasteiger partial charge on any atom is -0.0210 e. The zero-order chi connectivity index (χ0) is 13.1. The Kier molecular flexibility index (Phi) is 2.78. The summed E-state index contributed by atoms with van der Waals surface area (Å²) in [6, 6.07) is 0. The first kappa shape index (κ1) is 13.4. The summed E-state index contributed by atoms with van der Waals surface area (Å²) in [6.07, 6.45) is 7.21. The third-order valence-corrected chi connectivity index (χ3v) is 6.20. The lowest BCUT2D eigenvalue weighted by molar-refractivity contribution is -0.161. The van der Waals surface area contributed by atoms with Crippen molar-refractivity contribution in [2.24, 2.45) is 27.6 Å². The molecule has 2 aliphatic rings. The van der Waals surface area contributed by atoms with Crippen molar-refractivity contribution in [2.45, 2.75) is 80.6 Å². The minimum atomic E-state index is 0.487. The van der Waals surface area contributed by atoms with Crippen LogP contribution in [0.2, 0.25) is 0 Å². The SMILES string of the molecule is CCC12CC(C)(CC(C)(C)C)C1CCC2(C)C. The molecule has 0 aromatic heterocycles. The molecule has 3 unspecified atom stereocenters. The van der Waals surface area contributed by atoms with Crippen LogP contribution in [0.25, 0.3) is 0 Å². The molecule has 0 spiro atoms. The first-order valence-electron chi connectivity index (χ1n) is 7.56. The van der Waals surface area contributed by atoms with Crippen LogP contribution < -0.4 is 0 Å². The van der Waals surface area contributed by atoms with Crippen LogP contribution >= 0.6 is 0 Å². The van der Waals surface area contributed by atoms with E-state index in [1.54, 1.807) is 0 Å². The van der Waals surface area contributed by atoms with Crippen molar-refractivity contribution in [3.8, 4) is 0 Å². The van der Waals surface area contributed by atoms with Crippen molar-refractivity contribution in [2.75, 3.05) is 0 Å². The summed E-state index contributed by atoms with van der Waals surface area (Å²) in [5, 5.41) is 0. The highest BCUT2D eigenvalue weighted by Gasteiger charge is 2.68. The van der Waals surface area contributed by atoms with Crippen LogP contribution in [0, 0.1) is 27.6 Å². The Hall–Kier alpha value is 0. The van der Waals surface area contributed by atoms with Crippen LogP contribution in [0.3, 0.4) is 0 Å². The molecule has 0 radical (unpaired) electrons. The minimum Gasteiger partial charge on any atom is -0.0648 e. The first-order valence-corrected chi connectivity index (χ1v) is 7.56. The molecule has 0 aromatic rings. The van der Waals surface area contributed by atoms with Crippen LogP contribution in [-0.2, 0) is 0 Å². The Bertz CT molecular complexity index is 306. The first-order chi connectivity index (χ1) is 7.56. The van der Waals surface area contributed by atoms with Crippen LogP contribution in [0.1, 0.15) is 80.6 Å². The van der Waals surface area contributed by atoms with Gasteiger partial charge >= 0.3 is 0 Å². The Morgan fingerprint density at radius 3 is 2.18 bits per heavy atom. The Labute approximate surface area is 109 Å². The molecule has 3 atom stereocenters. The topological polar surface area (TPSA) is 0 Å². The van der Waals surface area contributed by atoms with Crippen molar-refractivity contribution in [1.82, 2.24) is 0 Å². The van der Waals surface area contributed by atoms with Gasteiger partial charge in [-0.1, -0.05) is 48.5 Å². The minimum absolute atomic E-state index is 0.487. The largest absolute Gasteiger partial charge is 0.0648 e. The van der Waals surface area contributed by atoms with Gasteiger partial charge in [-0.3, -0.25) is 0 Å². The van der Waals surface area contributed by atoms with Gasteiger partial charge in [-0.15, -0.1) is 0 Å². The van der Waals surface area contributed by atoms with Crippen LogP contribution in [0.4, 0.5) is 0 Å². The highest BCUT2D eigenvalue weighted by molar-refractivity contribution is 5.17. The summed E-state index contributed by atoms with van der Waals surface area (Å²) in [6.45, 7) is 17.3. The van der Waals surface area contributed by atoms with E-state index in [1.165, 1.54) is 32.1 Å².